The summed E-state index contributed by atoms with van der Waals surface area (Å²) in [7, 11) is 0. The highest BCUT2D eigenvalue weighted by Crippen LogP contribution is 2.17. The molecule has 0 aliphatic rings. The number of allylic oxidation sites excluding steroid dienone is 1. The zero-order valence-electron chi connectivity index (χ0n) is 8.96. The molecule has 0 bridgehead atoms. The van der Waals surface area contributed by atoms with E-state index in [1.165, 1.54) is 0 Å². The van der Waals surface area contributed by atoms with Gasteiger partial charge in [0, 0.05) is 5.56 Å². The Balaban J connectivity index is 2.71. The molecule has 1 aromatic carbocycles. The smallest absolute Gasteiger partial charge is 0.122 e. The van der Waals surface area contributed by atoms with Gasteiger partial charge in [0.2, 0.25) is 0 Å². The number of benzene rings is 1. The highest BCUT2D eigenvalue weighted by atomic mass is 16.3. The Morgan fingerprint density at radius 1 is 1.46 bits per heavy atom. The lowest BCUT2D eigenvalue weighted by Crippen LogP contribution is -1.73. The fraction of sp³-hybridized carbons (Fsp3) is 0.333. The van der Waals surface area contributed by atoms with Crippen LogP contribution in [0.3, 0.4) is 0 Å². The molecule has 0 spiro atoms. The molecule has 0 aliphatic carbocycles. The number of phenols is 1. The van der Waals surface area contributed by atoms with E-state index in [-0.39, 0.29) is 5.75 Å². The minimum Gasteiger partial charge on any atom is -0.507 e. The van der Waals surface area contributed by atoms with Crippen LogP contribution < -0.4 is 0 Å². The van der Waals surface area contributed by atoms with E-state index >= 15 is 0 Å². The predicted octanol–water partition coefficient (Wildman–Crippen LogP) is 3.60. The van der Waals surface area contributed by atoms with Crippen molar-refractivity contribution in [2.24, 2.45) is 0 Å². The van der Waals surface area contributed by atoms with Crippen LogP contribution in [0, 0.1) is 0 Å². The van der Waals surface area contributed by atoms with Crippen molar-refractivity contribution >= 4 is 6.08 Å². The molecule has 0 aliphatic heterocycles. The van der Waals surface area contributed by atoms with E-state index in [2.05, 4.69) is 6.92 Å². The van der Waals surface area contributed by atoms with Crippen LogP contribution in [0.25, 0.3) is 6.08 Å². The van der Waals surface area contributed by atoms with Crippen LogP contribution in [-0.4, -0.2) is 5.11 Å². The van der Waals surface area contributed by atoms with E-state index in [0.717, 1.165) is 24.8 Å². The van der Waals surface area contributed by atoms with Gasteiger partial charge in [-0.2, -0.15) is 0 Å². The van der Waals surface area contributed by atoms with Gasteiger partial charge in [0.15, 0.2) is 0 Å². The zero-order chi connectivity index (χ0) is 10.4. The lowest BCUT2D eigenvalue weighted by atomic mass is 10.1. The summed E-state index contributed by atoms with van der Waals surface area (Å²) in [6.07, 6.45) is 4.63. The van der Waals surface area contributed by atoms with Crippen LogP contribution in [0.5, 0.6) is 5.75 Å². The van der Waals surface area contributed by atoms with Gasteiger partial charge in [0.05, 0.1) is 1.37 Å². The van der Waals surface area contributed by atoms with E-state index in [0.29, 0.717) is 6.05 Å². The Kier molecular flexibility index (Phi) is 3.48. The molecular formula is C12H16O. The maximum absolute atomic E-state index is 9.46. The number of aromatic hydroxyl groups is 1. The van der Waals surface area contributed by atoms with Crippen LogP contribution in [0.2, 0.25) is 0 Å². The number of unbranched alkanes of at least 4 members (excludes halogenated alkanes) is 1. The average molecular weight is 177 g/mol. The Morgan fingerprint density at radius 3 is 2.92 bits per heavy atom. The van der Waals surface area contributed by atoms with E-state index in [1.54, 1.807) is 18.2 Å². The second-order valence-corrected chi connectivity index (χ2v) is 3.01. The van der Waals surface area contributed by atoms with Crippen LogP contribution >= 0.6 is 0 Å². The quantitative estimate of drug-likeness (QED) is 0.745. The fourth-order valence-electron chi connectivity index (χ4n) is 1.07. The van der Waals surface area contributed by atoms with Crippen molar-refractivity contribution in [3.05, 3.63) is 35.9 Å². The summed E-state index contributed by atoms with van der Waals surface area (Å²) in [6, 6.07) is 7.67. The Labute approximate surface area is 81.1 Å². The third-order valence-corrected chi connectivity index (χ3v) is 1.87. The van der Waals surface area contributed by atoms with E-state index in [9.17, 15) is 5.11 Å². The summed E-state index contributed by atoms with van der Waals surface area (Å²) in [5, 5.41) is 9.46. The SMILES string of the molecule is [2H]/C(=C\c1ccccc1O)CCCC. The highest BCUT2D eigenvalue weighted by molar-refractivity contribution is 5.56. The Morgan fingerprint density at radius 2 is 2.23 bits per heavy atom. The first-order valence-corrected chi connectivity index (χ1v) is 4.69. The van der Waals surface area contributed by atoms with Crippen LogP contribution in [0.15, 0.2) is 30.3 Å². The van der Waals surface area contributed by atoms with Gasteiger partial charge in [-0.25, -0.2) is 0 Å². The summed E-state index contributed by atoms with van der Waals surface area (Å²) < 4.78 is 7.66. The number of rotatable bonds is 4. The molecule has 1 rings (SSSR count). The Bertz CT molecular complexity index is 318. The number of hydrogen-bond donors (Lipinski definition) is 1. The molecule has 0 radical (unpaired) electrons. The maximum atomic E-state index is 9.46. The van der Waals surface area contributed by atoms with Crippen molar-refractivity contribution in [1.29, 1.82) is 0 Å². The van der Waals surface area contributed by atoms with Crippen LogP contribution in [0.4, 0.5) is 0 Å². The fourth-order valence-corrected chi connectivity index (χ4v) is 1.07. The van der Waals surface area contributed by atoms with Crippen LogP contribution in [0.1, 0.15) is 33.1 Å². The van der Waals surface area contributed by atoms with Crippen molar-refractivity contribution in [3.63, 3.8) is 0 Å². The van der Waals surface area contributed by atoms with Gasteiger partial charge in [0.25, 0.3) is 0 Å². The normalized spacial score (nSPS) is 12.7. The average Bonchev–Trinajstić information content (AvgIpc) is 2.18. The first kappa shape index (κ1) is 8.36. The molecule has 0 unspecified atom stereocenters. The molecule has 0 fully saturated rings. The molecule has 1 nitrogen and oxygen atoms in total. The third-order valence-electron chi connectivity index (χ3n) is 1.87. The molecule has 70 valence electrons. The highest BCUT2D eigenvalue weighted by Gasteiger charge is 1.92. The number of hydrogen-bond acceptors (Lipinski definition) is 1. The molecule has 0 aromatic heterocycles. The number of phenolic OH excluding ortho intramolecular Hbond substituents is 1. The zero-order valence-corrected chi connectivity index (χ0v) is 7.96. The first-order valence-electron chi connectivity index (χ1n) is 5.19. The molecule has 0 saturated carbocycles. The van der Waals surface area contributed by atoms with Gasteiger partial charge in [0.1, 0.15) is 5.75 Å². The summed E-state index contributed by atoms with van der Waals surface area (Å²) in [4.78, 5) is 0. The summed E-state index contributed by atoms with van der Waals surface area (Å²) in [5.74, 6) is 0.244. The molecule has 0 amide bonds. The molecule has 1 heteroatoms. The standard InChI is InChI=1S/C12H16O/c1-2-3-4-5-8-11-9-6-7-10-12(11)13/h5-10,13H,2-4H2,1H3/b8-5+/i5D. The monoisotopic (exact) mass is 177 g/mol. The second kappa shape index (κ2) is 5.41. The van der Waals surface area contributed by atoms with Crippen molar-refractivity contribution in [3.8, 4) is 5.75 Å². The first-order chi connectivity index (χ1) is 6.74. The molecule has 13 heavy (non-hydrogen) atoms. The van der Waals surface area contributed by atoms with E-state index in [1.807, 2.05) is 12.1 Å². The van der Waals surface area contributed by atoms with E-state index < -0.39 is 0 Å². The van der Waals surface area contributed by atoms with Gasteiger partial charge in [-0.05, 0) is 12.5 Å². The summed E-state index contributed by atoms with van der Waals surface area (Å²) in [6.45, 7) is 2.10. The van der Waals surface area contributed by atoms with Gasteiger partial charge in [-0.1, -0.05) is 50.1 Å². The lowest BCUT2D eigenvalue weighted by Gasteiger charge is -1.96. The molecular weight excluding hydrogens is 160 g/mol. The van der Waals surface area contributed by atoms with Gasteiger partial charge in [-0.15, -0.1) is 0 Å². The second-order valence-electron chi connectivity index (χ2n) is 3.01. The minimum absolute atomic E-state index is 0.244. The minimum atomic E-state index is 0.244. The summed E-state index contributed by atoms with van der Waals surface area (Å²) >= 11 is 0. The molecule has 0 atom stereocenters. The molecule has 1 N–H and O–H groups in total. The van der Waals surface area contributed by atoms with E-state index in [4.69, 9.17) is 1.37 Å². The molecule has 0 heterocycles. The third kappa shape index (κ3) is 3.32. The van der Waals surface area contributed by atoms with Crippen molar-refractivity contribution in [2.45, 2.75) is 26.2 Å². The molecule has 0 saturated heterocycles. The van der Waals surface area contributed by atoms with Gasteiger partial charge in [-0.3, -0.25) is 0 Å². The van der Waals surface area contributed by atoms with Gasteiger partial charge >= 0.3 is 0 Å². The Hall–Kier alpha value is -1.24. The largest absolute Gasteiger partial charge is 0.507 e. The number of para-hydroxylation sites is 1. The van der Waals surface area contributed by atoms with Crippen LogP contribution in [-0.2, 0) is 0 Å². The van der Waals surface area contributed by atoms with Gasteiger partial charge < -0.3 is 5.11 Å². The maximum Gasteiger partial charge on any atom is 0.122 e. The predicted molar refractivity (Wildman–Crippen MR) is 56.7 cm³/mol. The topological polar surface area (TPSA) is 20.2 Å². The lowest BCUT2D eigenvalue weighted by molar-refractivity contribution is 0.474. The van der Waals surface area contributed by atoms with Crippen molar-refractivity contribution in [1.82, 2.24) is 0 Å². The van der Waals surface area contributed by atoms with Crippen molar-refractivity contribution < 1.29 is 6.48 Å². The summed E-state index contributed by atoms with van der Waals surface area (Å²) in [5.41, 5.74) is 0.730. The van der Waals surface area contributed by atoms with Crippen molar-refractivity contribution in [2.75, 3.05) is 0 Å². The molecule has 1 aromatic rings.